The molecule has 7 nitrogen and oxygen atoms in total. The van der Waals surface area contributed by atoms with E-state index in [9.17, 15) is 13.2 Å². The monoisotopic (exact) mass is 545 g/mol. The van der Waals surface area contributed by atoms with Gasteiger partial charge in [0.2, 0.25) is 0 Å². The van der Waals surface area contributed by atoms with E-state index in [0.717, 1.165) is 48.5 Å². The maximum atomic E-state index is 13.5. The molecule has 1 aromatic heterocycles. The Hall–Kier alpha value is -3.88. The summed E-state index contributed by atoms with van der Waals surface area (Å²) in [5.41, 5.74) is 3.73. The molecule has 204 valence electrons. The fraction of sp³-hybridized carbons (Fsp3) is 0.258. The van der Waals surface area contributed by atoms with Crippen molar-refractivity contribution in [2.24, 2.45) is 0 Å². The Morgan fingerprint density at radius 1 is 0.923 bits per heavy atom. The van der Waals surface area contributed by atoms with Crippen LogP contribution in [-0.4, -0.2) is 49.7 Å². The molecular formula is C31H35N3O4S. The van der Waals surface area contributed by atoms with Crippen LogP contribution in [0.25, 0.3) is 11.3 Å². The van der Waals surface area contributed by atoms with Crippen LogP contribution < -0.4 is 10.1 Å². The molecule has 0 aliphatic rings. The van der Waals surface area contributed by atoms with Gasteiger partial charge in [0, 0.05) is 36.8 Å². The lowest BCUT2D eigenvalue weighted by Gasteiger charge is -2.20. The van der Waals surface area contributed by atoms with Crippen LogP contribution in [0.2, 0.25) is 0 Å². The number of ether oxygens (including phenoxy) is 1. The number of benzene rings is 3. The zero-order valence-electron chi connectivity index (χ0n) is 22.8. The molecule has 8 heteroatoms. The molecule has 0 saturated carbocycles. The number of rotatable bonds is 11. The summed E-state index contributed by atoms with van der Waals surface area (Å²) in [5.74, 6) is 1.18. The van der Waals surface area contributed by atoms with E-state index in [1.807, 2.05) is 67.7 Å². The maximum absolute atomic E-state index is 13.5. The van der Waals surface area contributed by atoms with Crippen molar-refractivity contribution in [2.75, 3.05) is 31.2 Å². The topological polar surface area (TPSA) is 80.6 Å². The van der Waals surface area contributed by atoms with E-state index < -0.39 is 9.84 Å². The van der Waals surface area contributed by atoms with Crippen molar-refractivity contribution in [2.45, 2.75) is 32.2 Å². The summed E-state index contributed by atoms with van der Waals surface area (Å²) in [4.78, 5) is 16.0. The van der Waals surface area contributed by atoms with Gasteiger partial charge < -0.3 is 19.5 Å². The van der Waals surface area contributed by atoms with Gasteiger partial charge in [0.15, 0.2) is 9.84 Å². The quantitative estimate of drug-likeness (QED) is 0.241. The van der Waals surface area contributed by atoms with Gasteiger partial charge in [-0.2, -0.15) is 0 Å². The summed E-state index contributed by atoms with van der Waals surface area (Å²) >= 11 is 0. The van der Waals surface area contributed by atoms with Crippen molar-refractivity contribution in [3.05, 3.63) is 96.2 Å². The predicted molar refractivity (Wildman–Crippen MR) is 156 cm³/mol. The van der Waals surface area contributed by atoms with Crippen molar-refractivity contribution >= 4 is 21.4 Å². The van der Waals surface area contributed by atoms with Crippen molar-refractivity contribution in [3.63, 3.8) is 0 Å². The summed E-state index contributed by atoms with van der Waals surface area (Å²) in [6.07, 6.45) is 3.05. The number of carbonyl (C=O) groups is 1. The standard InChI is InChI=1S/C31H35N3O4S/c1-5-33(6-2)20-21-34-22-28(31(35)32-24-16-18-26(19-17-24)39(4,36)37)23(3)30(34)27-14-10-11-15-29(27)38-25-12-8-7-9-13-25/h7-19,22H,5-6,20-21H2,1-4H3,(H,32,35). The molecule has 3 aromatic carbocycles. The number of hydrogen-bond acceptors (Lipinski definition) is 5. The first-order valence-electron chi connectivity index (χ1n) is 13.1. The van der Waals surface area contributed by atoms with Crippen LogP contribution in [0.3, 0.4) is 0 Å². The average molecular weight is 546 g/mol. The van der Waals surface area contributed by atoms with Gasteiger partial charge in [0.25, 0.3) is 5.91 Å². The molecule has 1 N–H and O–H groups in total. The molecule has 0 aliphatic heterocycles. The van der Waals surface area contributed by atoms with Crippen LogP contribution >= 0.6 is 0 Å². The van der Waals surface area contributed by atoms with Gasteiger partial charge in [0.1, 0.15) is 11.5 Å². The van der Waals surface area contributed by atoms with Gasteiger partial charge in [-0.1, -0.05) is 44.2 Å². The Bertz CT molecular complexity index is 1520. The number of anilines is 1. The lowest BCUT2D eigenvalue weighted by atomic mass is 10.0. The van der Waals surface area contributed by atoms with Crippen LogP contribution in [0.4, 0.5) is 5.69 Å². The fourth-order valence-corrected chi connectivity index (χ4v) is 5.19. The molecule has 0 saturated heterocycles. The third-order valence-electron chi connectivity index (χ3n) is 6.78. The van der Waals surface area contributed by atoms with Crippen molar-refractivity contribution < 1.29 is 17.9 Å². The number of sulfone groups is 1. The molecule has 0 radical (unpaired) electrons. The second kappa shape index (κ2) is 12.3. The molecule has 4 rings (SSSR count). The molecule has 1 amide bonds. The SMILES string of the molecule is CCN(CC)CCn1cc(C(=O)Nc2ccc(S(C)(=O)=O)cc2)c(C)c1-c1ccccc1Oc1ccccc1. The number of para-hydroxylation sites is 2. The van der Waals surface area contributed by atoms with Crippen molar-refractivity contribution in [3.8, 4) is 22.8 Å². The summed E-state index contributed by atoms with van der Waals surface area (Å²) in [5, 5.41) is 2.92. The highest BCUT2D eigenvalue weighted by Gasteiger charge is 2.22. The van der Waals surface area contributed by atoms with Gasteiger partial charge in [-0.05, 0) is 74.1 Å². The van der Waals surface area contributed by atoms with Crippen molar-refractivity contribution in [1.82, 2.24) is 9.47 Å². The number of nitrogens with one attached hydrogen (secondary N) is 1. The van der Waals surface area contributed by atoms with Crippen LogP contribution in [0.15, 0.2) is 90.0 Å². The second-order valence-corrected chi connectivity index (χ2v) is 11.4. The first kappa shape index (κ1) is 28.1. The normalized spacial score (nSPS) is 11.5. The molecule has 1 heterocycles. The van der Waals surface area contributed by atoms with E-state index in [-0.39, 0.29) is 10.8 Å². The fourth-order valence-electron chi connectivity index (χ4n) is 4.56. The highest BCUT2D eigenvalue weighted by Crippen LogP contribution is 2.37. The molecule has 0 spiro atoms. The second-order valence-electron chi connectivity index (χ2n) is 9.40. The van der Waals surface area contributed by atoms with Gasteiger partial charge in [0.05, 0.1) is 16.2 Å². The molecule has 0 aliphatic carbocycles. The van der Waals surface area contributed by atoms with E-state index >= 15 is 0 Å². The molecule has 4 aromatic rings. The lowest BCUT2D eigenvalue weighted by Crippen LogP contribution is -2.27. The summed E-state index contributed by atoms with van der Waals surface area (Å²) in [6, 6.07) is 23.7. The zero-order chi connectivity index (χ0) is 28.0. The molecule has 0 fully saturated rings. The number of carbonyl (C=O) groups excluding carboxylic acids is 1. The van der Waals surface area contributed by atoms with Crippen LogP contribution in [0, 0.1) is 6.92 Å². The number of aromatic nitrogens is 1. The Balaban J connectivity index is 1.71. The van der Waals surface area contributed by atoms with E-state index in [0.29, 0.717) is 23.5 Å². The van der Waals surface area contributed by atoms with Gasteiger partial charge in [-0.3, -0.25) is 4.79 Å². The zero-order valence-corrected chi connectivity index (χ0v) is 23.7. The average Bonchev–Trinajstić information content (AvgIpc) is 3.26. The summed E-state index contributed by atoms with van der Waals surface area (Å²) in [6.45, 7) is 9.65. The van der Waals surface area contributed by atoms with E-state index in [2.05, 4.69) is 28.6 Å². The van der Waals surface area contributed by atoms with Crippen LogP contribution in [-0.2, 0) is 16.4 Å². The molecule has 0 bridgehead atoms. The minimum Gasteiger partial charge on any atom is -0.457 e. The summed E-state index contributed by atoms with van der Waals surface area (Å²) < 4.78 is 32.0. The maximum Gasteiger partial charge on any atom is 0.257 e. The van der Waals surface area contributed by atoms with E-state index in [1.54, 1.807) is 12.1 Å². The number of nitrogens with zero attached hydrogens (tertiary/aromatic N) is 2. The minimum absolute atomic E-state index is 0.205. The third kappa shape index (κ3) is 6.77. The molecule has 39 heavy (non-hydrogen) atoms. The number of amides is 1. The number of hydrogen-bond donors (Lipinski definition) is 1. The first-order valence-corrected chi connectivity index (χ1v) is 15.0. The van der Waals surface area contributed by atoms with Gasteiger partial charge in [-0.15, -0.1) is 0 Å². The molecular weight excluding hydrogens is 510 g/mol. The van der Waals surface area contributed by atoms with Gasteiger partial charge in [-0.25, -0.2) is 8.42 Å². The largest absolute Gasteiger partial charge is 0.457 e. The third-order valence-corrected chi connectivity index (χ3v) is 7.91. The highest BCUT2D eigenvalue weighted by molar-refractivity contribution is 7.90. The van der Waals surface area contributed by atoms with Gasteiger partial charge >= 0.3 is 0 Å². The van der Waals surface area contributed by atoms with E-state index in [1.165, 1.54) is 12.1 Å². The summed E-state index contributed by atoms with van der Waals surface area (Å²) in [7, 11) is -3.32. The lowest BCUT2D eigenvalue weighted by molar-refractivity contribution is 0.102. The van der Waals surface area contributed by atoms with Crippen LogP contribution in [0.1, 0.15) is 29.8 Å². The van der Waals surface area contributed by atoms with Crippen molar-refractivity contribution in [1.29, 1.82) is 0 Å². The first-order chi connectivity index (χ1) is 18.7. The molecule has 0 unspecified atom stereocenters. The van der Waals surface area contributed by atoms with E-state index in [4.69, 9.17) is 4.74 Å². The number of likely N-dealkylation sites (N-methyl/N-ethyl adjacent to an activating group) is 1. The van der Waals surface area contributed by atoms with Crippen LogP contribution in [0.5, 0.6) is 11.5 Å². The Morgan fingerprint density at radius 3 is 2.21 bits per heavy atom. The smallest absolute Gasteiger partial charge is 0.257 e. The molecule has 0 atom stereocenters. The Labute approximate surface area is 231 Å². The predicted octanol–water partition coefficient (Wildman–Crippen LogP) is 6.25. The Kier molecular flexibility index (Phi) is 8.89. The Morgan fingerprint density at radius 2 is 1.56 bits per heavy atom. The highest BCUT2D eigenvalue weighted by atomic mass is 32.2. The minimum atomic E-state index is -3.32.